The summed E-state index contributed by atoms with van der Waals surface area (Å²) in [4.78, 5) is 41.9. The van der Waals surface area contributed by atoms with E-state index in [1.54, 1.807) is 6.92 Å². The van der Waals surface area contributed by atoms with E-state index in [0.29, 0.717) is 0 Å². The van der Waals surface area contributed by atoms with Crippen molar-refractivity contribution in [2.24, 2.45) is 5.92 Å². The first kappa shape index (κ1) is 23.8. The fraction of sp³-hybridized carbons (Fsp3) is 0.500. The SMILES string of the molecule is CC(=O)O[C@@H]1[C@H](C)[C@@H](COP(=O)([O-])O)O[C@H]1[n+]1cccc(C(=O)[O-])c1.[K+]. The minimum atomic E-state index is -4.94. The van der Waals surface area contributed by atoms with Crippen molar-refractivity contribution in [3.8, 4) is 0 Å². The first-order valence-electron chi connectivity index (χ1n) is 7.31. The van der Waals surface area contributed by atoms with Gasteiger partial charge in [-0.25, -0.2) is 0 Å². The predicted molar refractivity (Wildman–Crippen MR) is 75.4 cm³/mol. The molecule has 0 bridgehead atoms. The molecule has 1 N–H and O–H groups in total. The Bertz CT molecular complexity index is 709. The van der Waals surface area contributed by atoms with E-state index in [1.165, 1.54) is 36.0 Å². The number of aromatic nitrogens is 1. The van der Waals surface area contributed by atoms with Gasteiger partial charge in [0.05, 0.1) is 24.2 Å². The van der Waals surface area contributed by atoms with Gasteiger partial charge in [-0.05, 0) is 6.07 Å². The molecule has 0 saturated carbocycles. The van der Waals surface area contributed by atoms with Crippen molar-refractivity contribution in [2.45, 2.75) is 32.3 Å². The molecule has 26 heavy (non-hydrogen) atoms. The van der Waals surface area contributed by atoms with Gasteiger partial charge in [0.2, 0.25) is 0 Å². The van der Waals surface area contributed by atoms with Crippen molar-refractivity contribution in [3.63, 3.8) is 0 Å². The van der Waals surface area contributed by atoms with Gasteiger partial charge in [0.1, 0.15) is 0 Å². The van der Waals surface area contributed by atoms with E-state index in [1.807, 2.05) is 0 Å². The summed E-state index contributed by atoms with van der Waals surface area (Å²) in [6, 6.07) is 2.78. The Morgan fingerprint density at radius 1 is 1.46 bits per heavy atom. The number of phosphoric ester groups is 1. The molecule has 1 fully saturated rings. The van der Waals surface area contributed by atoms with Crippen LogP contribution in [-0.4, -0.2) is 35.6 Å². The quantitative estimate of drug-likeness (QED) is 0.210. The molecule has 10 nitrogen and oxygen atoms in total. The first-order valence-corrected chi connectivity index (χ1v) is 8.81. The molecule has 1 aromatic heterocycles. The molecule has 1 aliphatic rings. The van der Waals surface area contributed by atoms with Crippen LogP contribution >= 0.6 is 7.82 Å². The van der Waals surface area contributed by atoms with E-state index in [0.717, 1.165) is 0 Å². The number of carboxylic acids is 1. The molecule has 0 aliphatic carbocycles. The number of nitrogens with zero attached hydrogens (tertiary/aromatic N) is 1. The minimum Gasteiger partial charge on any atom is -0.756 e. The zero-order chi connectivity index (χ0) is 18.8. The summed E-state index contributed by atoms with van der Waals surface area (Å²) in [5.41, 5.74) is -0.112. The Labute approximate surface area is 192 Å². The second-order valence-electron chi connectivity index (χ2n) is 5.59. The van der Waals surface area contributed by atoms with Crippen molar-refractivity contribution in [3.05, 3.63) is 30.1 Å². The van der Waals surface area contributed by atoms with E-state index in [9.17, 15) is 24.2 Å². The smallest absolute Gasteiger partial charge is 0.756 e. The third kappa shape index (κ3) is 6.45. The van der Waals surface area contributed by atoms with Crippen LogP contribution in [0.2, 0.25) is 0 Å². The molecule has 5 atom stereocenters. The average molecular weight is 413 g/mol. The van der Waals surface area contributed by atoms with Gasteiger partial charge in [0.25, 0.3) is 7.82 Å². The van der Waals surface area contributed by atoms with Crippen LogP contribution in [0.4, 0.5) is 0 Å². The maximum absolute atomic E-state index is 11.4. The summed E-state index contributed by atoms with van der Waals surface area (Å²) in [7, 11) is -4.94. The van der Waals surface area contributed by atoms with Crippen LogP contribution in [0.1, 0.15) is 30.4 Å². The van der Waals surface area contributed by atoms with E-state index < -0.39 is 50.7 Å². The normalized spacial score (nSPS) is 27.2. The van der Waals surface area contributed by atoms with Crippen LogP contribution < -0.4 is 66.0 Å². The zero-order valence-corrected chi connectivity index (χ0v) is 18.5. The molecule has 2 heterocycles. The summed E-state index contributed by atoms with van der Waals surface area (Å²) < 4.78 is 27.4. The van der Waals surface area contributed by atoms with E-state index in [-0.39, 0.29) is 56.9 Å². The zero-order valence-electron chi connectivity index (χ0n) is 14.4. The molecule has 0 amide bonds. The number of carboxylic acid groups (broad SMARTS) is 1. The molecule has 0 aromatic carbocycles. The second-order valence-corrected chi connectivity index (χ2v) is 6.79. The van der Waals surface area contributed by atoms with Crippen molar-refractivity contribution in [2.75, 3.05) is 6.61 Å². The summed E-state index contributed by atoms with van der Waals surface area (Å²) in [6.07, 6.45) is 0.211. The van der Waals surface area contributed by atoms with Crippen LogP contribution in [0.3, 0.4) is 0 Å². The van der Waals surface area contributed by atoms with Crippen molar-refractivity contribution >= 4 is 19.8 Å². The van der Waals surface area contributed by atoms with Crippen molar-refractivity contribution in [1.29, 1.82) is 0 Å². The third-order valence-corrected chi connectivity index (χ3v) is 4.23. The fourth-order valence-corrected chi connectivity index (χ4v) is 2.91. The Hall–Kier alpha value is -0.204. The minimum absolute atomic E-state index is 0. The van der Waals surface area contributed by atoms with Crippen LogP contribution in [0.25, 0.3) is 0 Å². The molecular weight excluding hydrogens is 396 g/mol. The molecular formula is C14H17KNO9P. The van der Waals surface area contributed by atoms with Gasteiger partial charge < -0.3 is 33.7 Å². The second kappa shape index (κ2) is 9.83. The number of esters is 1. The summed E-state index contributed by atoms with van der Waals surface area (Å²) in [5.74, 6) is -2.46. The van der Waals surface area contributed by atoms with E-state index in [2.05, 4.69) is 4.52 Å². The first-order chi connectivity index (χ1) is 11.6. The Morgan fingerprint density at radius 3 is 2.65 bits per heavy atom. The van der Waals surface area contributed by atoms with Gasteiger partial charge in [-0.2, -0.15) is 4.57 Å². The molecule has 1 unspecified atom stereocenters. The number of carbonyl (C=O) groups excluding carboxylic acids is 2. The number of hydrogen-bond donors (Lipinski definition) is 1. The summed E-state index contributed by atoms with van der Waals surface area (Å²) >= 11 is 0. The Kier molecular flexibility index (Phi) is 9.01. The predicted octanol–water partition coefficient (Wildman–Crippen LogP) is -4.72. The van der Waals surface area contributed by atoms with Gasteiger partial charge >= 0.3 is 63.6 Å². The largest absolute Gasteiger partial charge is 1.00 e. The van der Waals surface area contributed by atoms with E-state index >= 15 is 0 Å². The molecule has 1 aliphatic heterocycles. The van der Waals surface area contributed by atoms with E-state index in [4.69, 9.17) is 14.4 Å². The number of pyridine rings is 1. The van der Waals surface area contributed by atoms with Crippen LogP contribution in [0, 0.1) is 5.92 Å². The number of rotatable bonds is 6. The van der Waals surface area contributed by atoms with Crippen molar-refractivity contribution in [1.82, 2.24) is 0 Å². The topological polar surface area (TPSA) is 149 Å². The summed E-state index contributed by atoms with van der Waals surface area (Å²) in [6.45, 7) is 2.38. The van der Waals surface area contributed by atoms with Crippen molar-refractivity contribution < 1.29 is 99.0 Å². The number of ether oxygens (including phenoxy) is 2. The Morgan fingerprint density at radius 2 is 2.12 bits per heavy atom. The Balaban J connectivity index is 0.00000338. The molecule has 12 heteroatoms. The maximum atomic E-state index is 11.4. The maximum Gasteiger partial charge on any atom is 1.00 e. The molecule has 1 aromatic rings. The monoisotopic (exact) mass is 413 g/mol. The third-order valence-electron chi connectivity index (χ3n) is 3.76. The number of carbonyl (C=O) groups is 2. The molecule has 0 radical (unpaired) electrons. The van der Waals surface area contributed by atoms with Gasteiger partial charge in [-0.15, -0.1) is 0 Å². The fourth-order valence-electron chi connectivity index (χ4n) is 2.58. The number of hydrogen-bond acceptors (Lipinski definition) is 8. The molecule has 1 saturated heterocycles. The average Bonchev–Trinajstić information content (AvgIpc) is 2.81. The van der Waals surface area contributed by atoms with Crippen LogP contribution in [-0.2, 0) is 23.4 Å². The standard InChI is InChI=1S/C14H18NO9P.K/c1-8-11(7-22-25(19,20)21)24-13(12(8)23-9(2)16)15-5-3-4-10(6-15)14(17)18;/h3-6,8,11-13H,7H2,1-2H3,(H2-,17,18,19,20,21);/q;+1/p-1/t8-,11-,12-,13-;/m1./s1. The molecule has 138 valence electrons. The summed E-state index contributed by atoms with van der Waals surface area (Å²) in [5, 5.41) is 11.0. The number of phosphoric acid groups is 1. The van der Waals surface area contributed by atoms with Gasteiger partial charge in [-0.1, -0.05) is 6.92 Å². The molecule has 0 spiro atoms. The number of aromatic carboxylic acids is 1. The van der Waals surface area contributed by atoms with Gasteiger partial charge in [0.15, 0.2) is 18.5 Å². The van der Waals surface area contributed by atoms with Gasteiger partial charge in [0, 0.05) is 18.9 Å². The van der Waals surface area contributed by atoms with Gasteiger partial charge in [-0.3, -0.25) is 9.36 Å². The van der Waals surface area contributed by atoms with Crippen LogP contribution in [0.5, 0.6) is 0 Å². The van der Waals surface area contributed by atoms with Crippen LogP contribution in [0.15, 0.2) is 24.5 Å². The molecule has 2 rings (SSSR count).